The van der Waals surface area contributed by atoms with Crippen molar-refractivity contribution >= 4 is 27.8 Å². The Morgan fingerprint density at radius 2 is 1.80 bits per heavy atom. The second kappa shape index (κ2) is 6.28. The Bertz CT molecular complexity index is 1120. The molecule has 2 aromatic heterocycles. The lowest BCUT2D eigenvalue weighted by Gasteiger charge is -2.05. The molecule has 0 saturated heterocycles. The third-order valence-corrected chi connectivity index (χ3v) is 4.28. The Labute approximate surface area is 143 Å². The van der Waals surface area contributed by atoms with Gasteiger partial charge in [0, 0.05) is 23.6 Å². The topological polar surface area (TPSA) is 75.1 Å². The van der Waals surface area contributed by atoms with E-state index in [1.54, 1.807) is 24.3 Å². The van der Waals surface area contributed by atoms with Crippen molar-refractivity contribution in [1.82, 2.24) is 10.3 Å². The summed E-state index contributed by atoms with van der Waals surface area (Å²) in [6.45, 7) is 0.437. The Kier molecular flexibility index (Phi) is 3.82. The lowest BCUT2D eigenvalue weighted by Crippen LogP contribution is -2.30. The quantitative estimate of drug-likeness (QED) is 0.602. The number of fused-ring (bicyclic) bond motifs is 2. The lowest BCUT2D eigenvalue weighted by atomic mass is 10.1. The molecule has 5 nitrogen and oxygen atoms in total. The van der Waals surface area contributed by atoms with Gasteiger partial charge < -0.3 is 14.7 Å². The van der Waals surface area contributed by atoms with E-state index in [9.17, 15) is 9.59 Å². The molecular weight excluding hydrogens is 316 g/mol. The first-order valence-corrected chi connectivity index (χ1v) is 8.08. The summed E-state index contributed by atoms with van der Waals surface area (Å²) in [5.74, 6) is -0.417. The number of H-pyrrole nitrogens is 1. The number of aromatic amines is 1. The van der Waals surface area contributed by atoms with Crippen LogP contribution in [0.25, 0.3) is 21.9 Å². The van der Waals surface area contributed by atoms with Crippen LogP contribution >= 0.6 is 0 Å². The number of rotatable bonds is 4. The largest absolute Gasteiger partial charge is 0.463 e. The van der Waals surface area contributed by atoms with Crippen molar-refractivity contribution in [3.05, 3.63) is 82.3 Å². The van der Waals surface area contributed by atoms with Gasteiger partial charge in [0.15, 0.2) is 0 Å². The summed E-state index contributed by atoms with van der Waals surface area (Å²) in [6, 6.07) is 14.9. The van der Waals surface area contributed by atoms with Crippen molar-refractivity contribution in [3.63, 3.8) is 0 Å². The number of hydrogen-bond acceptors (Lipinski definition) is 3. The summed E-state index contributed by atoms with van der Waals surface area (Å²) in [5, 5.41) is 4.34. The van der Waals surface area contributed by atoms with Gasteiger partial charge in [-0.05, 0) is 30.2 Å². The highest BCUT2D eigenvalue weighted by atomic mass is 16.3. The molecule has 2 aromatic carbocycles. The van der Waals surface area contributed by atoms with Gasteiger partial charge in [-0.25, -0.2) is 0 Å². The van der Waals surface area contributed by atoms with Crippen molar-refractivity contribution in [2.75, 3.05) is 6.54 Å². The van der Waals surface area contributed by atoms with Crippen LogP contribution < -0.4 is 10.7 Å². The van der Waals surface area contributed by atoms with Gasteiger partial charge >= 0.3 is 0 Å². The molecule has 1 amide bonds. The second-order valence-electron chi connectivity index (χ2n) is 5.84. The van der Waals surface area contributed by atoms with Crippen molar-refractivity contribution < 1.29 is 9.21 Å². The fourth-order valence-electron chi connectivity index (χ4n) is 2.98. The molecule has 0 spiro atoms. The molecular formula is C20H16N2O3. The van der Waals surface area contributed by atoms with E-state index < -0.39 is 5.91 Å². The van der Waals surface area contributed by atoms with Crippen molar-refractivity contribution in [1.29, 1.82) is 0 Å². The van der Waals surface area contributed by atoms with E-state index in [0.29, 0.717) is 23.9 Å². The summed E-state index contributed by atoms with van der Waals surface area (Å²) in [6.07, 6.45) is 3.85. The number of hydrogen-bond donors (Lipinski definition) is 2. The molecule has 0 aliphatic rings. The summed E-state index contributed by atoms with van der Waals surface area (Å²) < 4.78 is 5.39. The first-order valence-electron chi connectivity index (χ1n) is 8.08. The van der Waals surface area contributed by atoms with Gasteiger partial charge in [0.2, 0.25) is 5.43 Å². The predicted molar refractivity (Wildman–Crippen MR) is 96.8 cm³/mol. The number of para-hydroxylation sites is 2. The zero-order valence-corrected chi connectivity index (χ0v) is 13.4. The monoisotopic (exact) mass is 332 g/mol. The molecule has 2 N–H and O–H groups in total. The third-order valence-electron chi connectivity index (χ3n) is 4.28. The number of aromatic nitrogens is 1. The zero-order chi connectivity index (χ0) is 17.2. The molecule has 2 heterocycles. The standard InChI is InChI=1S/C20H16N2O3/c23-19-15-6-2-4-8-18(15)25-12-16(19)20(24)21-10-9-13-11-22-17-7-3-1-5-14(13)17/h1-8,11-12,22H,9-10H2,(H,21,24). The minimum atomic E-state index is -0.417. The van der Waals surface area contributed by atoms with Crippen LogP contribution in [0.2, 0.25) is 0 Å². The molecule has 0 bridgehead atoms. The van der Waals surface area contributed by atoms with Crippen molar-refractivity contribution in [2.24, 2.45) is 0 Å². The highest BCUT2D eigenvalue weighted by Crippen LogP contribution is 2.17. The van der Waals surface area contributed by atoms with Crippen LogP contribution in [0.15, 0.2) is 70.2 Å². The van der Waals surface area contributed by atoms with Crippen LogP contribution in [0, 0.1) is 0 Å². The van der Waals surface area contributed by atoms with Crippen LogP contribution in [-0.4, -0.2) is 17.4 Å². The fourth-order valence-corrected chi connectivity index (χ4v) is 2.98. The van der Waals surface area contributed by atoms with Gasteiger partial charge in [-0.15, -0.1) is 0 Å². The van der Waals surface area contributed by atoms with Crippen molar-refractivity contribution in [2.45, 2.75) is 6.42 Å². The highest BCUT2D eigenvalue weighted by molar-refractivity contribution is 5.96. The van der Waals surface area contributed by atoms with Gasteiger partial charge in [0.25, 0.3) is 5.91 Å². The maximum Gasteiger partial charge on any atom is 0.258 e. The molecule has 4 rings (SSSR count). The summed E-state index contributed by atoms with van der Waals surface area (Å²) in [7, 11) is 0. The lowest BCUT2D eigenvalue weighted by molar-refractivity contribution is 0.0951. The molecule has 0 saturated carbocycles. The Morgan fingerprint density at radius 3 is 2.68 bits per heavy atom. The smallest absolute Gasteiger partial charge is 0.258 e. The minimum Gasteiger partial charge on any atom is -0.463 e. The number of amides is 1. The second-order valence-corrected chi connectivity index (χ2v) is 5.84. The summed E-state index contributed by atoms with van der Waals surface area (Å²) in [4.78, 5) is 27.9. The molecule has 4 aromatic rings. The molecule has 0 aliphatic heterocycles. The van der Waals surface area contributed by atoms with Gasteiger partial charge in [-0.1, -0.05) is 30.3 Å². The average molecular weight is 332 g/mol. The van der Waals surface area contributed by atoms with E-state index in [-0.39, 0.29) is 11.0 Å². The Morgan fingerprint density at radius 1 is 1.04 bits per heavy atom. The normalized spacial score (nSPS) is 11.0. The molecule has 0 radical (unpaired) electrons. The van der Waals surface area contributed by atoms with Gasteiger partial charge in [-0.2, -0.15) is 0 Å². The first-order chi connectivity index (χ1) is 12.2. The molecule has 0 atom stereocenters. The van der Waals surface area contributed by atoms with Gasteiger partial charge in [-0.3, -0.25) is 9.59 Å². The van der Waals surface area contributed by atoms with E-state index in [0.717, 1.165) is 16.5 Å². The van der Waals surface area contributed by atoms with Crippen LogP contribution in [-0.2, 0) is 6.42 Å². The SMILES string of the molecule is O=C(NCCc1c[nH]c2ccccc12)c1coc2ccccc2c1=O. The summed E-state index contributed by atoms with van der Waals surface area (Å²) in [5.41, 5.74) is 2.38. The van der Waals surface area contributed by atoms with Crippen LogP contribution in [0.1, 0.15) is 15.9 Å². The van der Waals surface area contributed by atoms with E-state index in [1.165, 1.54) is 6.26 Å². The van der Waals surface area contributed by atoms with E-state index >= 15 is 0 Å². The van der Waals surface area contributed by atoms with E-state index in [1.807, 2.05) is 30.5 Å². The van der Waals surface area contributed by atoms with Gasteiger partial charge in [0.05, 0.1) is 5.39 Å². The maximum absolute atomic E-state index is 12.4. The van der Waals surface area contributed by atoms with E-state index in [2.05, 4.69) is 10.3 Å². The van der Waals surface area contributed by atoms with Crippen molar-refractivity contribution in [3.8, 4) is 0 Å². The Balaban J connectivity index is 1.49. The predicted octanol–water partition coefficient (Wildman–Crippen LogP) is 3.25. The maximum atomic E-state index is 12.4. The van der Waals surface area contributed by atoms with Gasteiger partial charge in [0.1, 0.15) is 17.4 Å². The minimum absolute atomic E-state index is 0.0256. The molecule has 0 fully saturated rings. The number of nitrogens with one attached hydrogen (secondary N) is 2. The number of carbonyl (C=O) groups excluding carboxylic acids is 1. The molecule has 124 valence electrons. The number of carbonyl (C=O) groups is 1. The highest BCUT2D eigenvalue weighted by Gasteiger charge is 2.14. The van der Waals surface area contributed by atoms with Crippen LogP contribution in [0.3, 0.4) is 0 Å². The third kappa shape index (κ3) is 2.80. The van der Waals surface area contributed by atoms with E-state index in [4.69, 9.17) is 4.42 Å². The fraction of sp³-hybridized carbons (Fsp3) is 0.100. The molecule has 0 aliphatic carbocycles. The molecule has 0 unspecified atom stereocenters. The van der Waals surface area contributed by atoms with Crippen LogP contribution in [0.4, 0.5) is 0 Å². The molecule has 25 heavy (non-hydrogen) atoms. The Hall–Kier alpha value is -3.34. The molecule has 5 heteroatoms. The number of benzene rings is 2. The first kappa shape index (κ1) is 15.2. The zero-order valence-electron chi connectivity index (χ0n) is 13.4. The van der Waals surface area contributed by atoms with Crippen LogP contribution in [0.5, 0.6) is 0 Å². The summed E-state index contributed by atoms with van der Waals surface area (Å²) >= 11 is 0. The average Bonchev–Trinajstić information content (AvgIpc) is 3.05.